The summed E-state index contributed by atoms with van der Waals surface area (Å²) in [6, 6.07) is 7.40. The highest BCUT2D eigenvalue weighted by molar-refractivity contribution is 8.17. The maximum Gasteiger partial charge on any atom is 0.200 e. The average molecular weight is 299 g/mol. The largest absolute Gasteiger partial charge is 0.288 e. The zero-order chi connectivity index (χ0) is 15.2. The van der Waals surface area contributed by atoms with Gasteiger partial charge in [-0.05, 0) is 24.3 Å². The molecular weight excluding hydrogens is 282 g/mol. The summed E-state index contributed by atoms with van der Waals surface area (Å²) < 4.78 is 0. The first-order valence-corrected chi connectivity index (χ1v) is 7.60. The number of fused-ring (bicyclic) bond motifs is 1. The monoisotopic (exact) mass is 299 g/mol. The summed E-state index contributed by atoms with van der Waals surface area (Å²) in [5, 5.41) is 7.96. The Kier molecular flexibility index (Phi) is 5.22. The lowest BCUT2D eigenvalue weighted by atomic mass is 9.94. The molecule has 1 aliphatic carbocycles. The number of hydrogen-bond acceptors (Lipinski definition) is 4. The van der Waals surface area contributed by atoms with Crippen LogP contribution in [0.25, 0.3) is 0 Å². The number of hydrogen-bond donors (Lipinski definition) is 1. The Morgan fingerprint density at radius 2 is 2.05 bits per heavy atom. The van der Waals surface area contributed by atoms with Crippen molar-refractivity contribution in [3.8, 4) is 0 Å². The molecule has 0 amide bonds. The quantitative estimate of drug-likeness (QED) is 0.682. The SMILES string of the molecule is CCCC=NC(=N)SC1=CC(=NC)c2ccccc2C1=O. The Bertz CT molecular complexity index is 659. The molecule has 1 aliphatic rings. The molecule has 0 saturated carbocycles. The Hall–Kier alpha value is -2.01. The van der Waals surface area contributed by atoms with Crippen LogP contribution in [0.3, 0.4) is 0 Å². The predicted molar refractivity (Wildman–Crippen MR) is 90.0 cm³/mol. The van der Waals surface area contributed by atoms with Gasteiger partial charge in [0.2, 0.25) is 5.78 Å². The van der Waals surface area contributed by atoms with E-state index in [1.165, 1.54) is 0 Å². The van der Waals surface area contributed by atoms with Crippen LogP contribution in [-0.4, -0.2) is 29.9 Å². The molecule has 0 aromatic heterocycles. The van der Waals surface area contributed by atoms with Gasteiger partial charge in [-0.25, -0.2) is 4.99 Å². The summed E-state index contributed by atoms with van der Waals surface area (Å²) in [5.74, 6) is -0.0709. The lowest BCUT2D eigenvalue weighted by molar-refractivity contribution is 0.104. The lowest BCUT2D eigenvalue weighted by Gasteiger charge is -2.16. The van der Waals surface area contributed by atoms with Crippen LogP contribution < -0.4 is 0 Å². The molecule has 5 heteroatoms. The molecule has 0 radical (unpaired) electrons. The predicted octanol–water partition coefficient (Wildman–Crippen LogP) is 3.72. The molecule has 0 unspecified atom stereocenters. The summed E-state index contributed by atoms with van der Waals surface area (Å²) in [7, 11) is 1.70. The normalized spacial score (nSPS) is 16.2. The number of benzene rings is 1. The Labute approximate surface area is 128 Å². The van der Waals surface area contributed by atoms with Crippen molar-refractivity contribution in [1.82, 2.24) is 0 Å². The van der Waals surface area contributed by atoms with E-state index in [1.807, 2.05) is 18.2 Å². The van der Waals surface area contributed by atoms with E-state index in [2.05, 4.69) is 16.9 Å². The molecule has 108 valence electrons. The molecule has 0 atom stereocenters. The van der Waals surface area contributed by atoms with E-state index in [1.54, 1.807) is 25.4 Å². The number of nitrogens with zero attached hydrogens (tertiary/aromatic N) is 2. The number of thioether (sulfide) groups is 1. The Balaban J connectivity index is 2.24. The molecule has 0 aliphatic heterocycles. The highest BCUT2D eigenvalue weighted by Crippen LogP contribution is 2.29. The molecule has 0 heterocycles. The van der Waals surface area contributed by atoms with Crippen LogP contribution in [0, 0.1) is 5.41 Å². The number of carbonyl (C=O) groups excluding carboxylic acids is 1. The zero-order valence-corrected chi connectivity index (χ0v) is 12.9. The first-order valence-electron chi connectivity index (χ1n) is 6.79. The van der Waals surface area contributed by atoms with Gasteiger partial charge in [-0.15, -0.1) is 0 Å². The van der Waals surface area contributed by atoms with E-state index in [0.29, 0.717) is 10.5 Å². The van der Waals surface area contributed by atoms with Gasteiger partial charge < -0.3 is 0 Å². The second-order valence-corrected chi connectivity index (χ2v) is 5.53. The minimum Gasteiger partial charge on any atom is -0.288 e. The van der Waals surface area contributed by atoms with Crippen molar-refractivity contribution in [2.75, 3.05) is 7.05 Å². The summed E-state index contributed by atoms with van der Waals surface area (Å²) in [6.45, 7) is 2.05. The smallest absolute Gasteiger partial charge is 0.200 e. The topological polar surface area (TPSA) is 65.6 Å². The third kappa shape index (κ3) is 3.55. The number of amidine groups is 1. The van der Waals surface area contributed by atoms with Gasteiger partial charge in [0.15, 0.2) is 5.17 Å². The van der Waals surface area contributed by atoms with Crippen LogP contribution in [0.5, 0.6) is 0 Å². The molecule has 0 saturated heterocycles. The van der Waals surface area contributed by atoms with Crippen molar-refractivity contribution >= 4 is 34.6 Å². The molecule has 0 bridgehead atoms. The van der Waals surface area contributed by atoms with Gasteiger partial charge in [-0.3, -0.25) is 15.2 Å². The molecule has 2 rings (SSSR count). The molecule has 1 aromatic rings. The number of ketones is 1. The van der Waals surface area contributed by atoms with Gasteiger partial charge in [-0.1, -0.05) is 37.6 Å². The van der Waals surface area contributed by atoms with Crippen molar-refractivity contribution in [2.45, 2.75) is 19.8 Å². The van der Waals surface area contributed by atoms with Crippen LogP contribution in [-0.2, 0) is 0 Å². The van der Waals surface area contributed by atoms with Gasteiger partial charge in [0.05, 0.1) is 10.6 Å². The van der Waals surface area contributed by atoms with E-state index in [0.717, 1.165) is 35.9 Å². The number of aliphatic imine (C=N–C) groups is 2. The highest BCUT2D eigenvalue weighted by Gasteiger charge is 2.24. The van der Waals surface area contributed by atoms with Crippen LogP contribution in [0.15, 0.2) is 45.2 Å². The third-order valence-electron chi connectivity index (χ3n) is 3.01. The fourth-order valence-corrected chi connectivity index (χ4v) is 2.68. The van der Waals surface area contributed by atoms with Crippen molar-refractivity contribution in [3.63, 3.8) is 0 Å². The maximum absolute atomic E-state index is 12.5. The number of allylic oxidation sites excluding steroid dienone is 2. The number of rotatable bonds is 3. The van der Waals surface area contributed by atoms with Crippen LogP contribution >= 0.6 is 11.8 Å². The van der Waals surface area contributed by atoms with E-state index >= 15 is 0 Å². The number of Topliss-reactive ketones (excluding diaryl/α,β-unsaturated/α-hetero) is 1. The van der Waals surface area contributed by atoms with Gasteiger partial charge in [0.25, 0.3) is 0 Å². The molecule has 4 nitrogen and oxygen atoms in total. The summed E-state index contributed by atoms with van der Waals surface area (Å²) in [5.41, 5.74) is 2.24. The van der Waals surface area contributed by atoms with Gasteiger partial charge in [0.1, 0.15) is 0 Å². The van der Waals surface area contributed by atoms with Crippen molar-refractivity contribution in [1.29, 1.82) is 5.41 Å². The molecule has 1 N–H and O–H groups in total. The number of carbonyl (C=O) groups is 1. The molecule has 0 fully saturated rings. The minimum absolute atomic E-state index is 0.0709. The van der Waals surface area contributed by atoms with E-state index in [4.69, 9.17) is 5.41 Å². The lowest BCUT2D eigenvalue weighted by Crippen LogP contribution is -2.16. The number of nitrogens with one attached hydrogen (secondary N) is 1. The first kappa shape index (κ1) is 15.4. The summed E-state index contributed by atoms with van der Waals surface area (Å²) in [6.07, 6.45) is 5.27. The van der Waals surface area contributed by atoms with Gasteiger partial charge in [0, 0.05) is 24.4 Å². The van der Waals surface area contributed by atoms with Crippen LogP contribution in [0.4, 0.5) is 0 Å². The van der Waals surface area contributed by atoms with Gasteiger partial charge in [-0.2, -0.15) is 0 Å². The molecule has 21 heavy (non-hydrogen) atoms. The summed E-state index contributed by atoms with van der Waals surface area (Å²) in [4.78, 5) is 21.2. The molecular formula is C16H17N3OS. The van der Waals surface area contributed by atoms with E-state index in [-0.39, 0.29) is 11.0 Å². The average Bonchev–Trinajstić information content (AvgIpc) is 2.50. The Morgan fingerprint density at radius 3 is 2.71 bits per heavy atom. The van der Waals surface area contributed by atoms with Crippen molar-refractivity contribution in [2.24, 2.45) is 9.98 Å². The minimum atomic E-state index is -0.0709. The van der Waals surface area contributed by atoms with Gasteiger partial charge >= 0.3 is 0 Å². The van der Waals surface area contributed by atoms with Crippen LogP contribution in [0.1, 0.15) is 35.7 Å². The maximum atomic E-state index is 12.5. The van der Waals surface area contributed by atoms with Crippen molar-refractivity contribution in [3.05, 3.63) is 46.4 Å². The Morgan fingerprint density at radius 1 is 1.33 bits per heavy atom. The highest BCUT2D eigenvalue weighted by atomic mass is 32.2. The first-order chi connectivity index (χ1) is 10.2. The zero-order valence-electron chi connectivity index (χ0n) is 12.1. The summed E-state index contributed by atoms with van der Waals surface area (Å²) >= 11 is 1.08. The van der Waals surface area contributed by atoms with E-state index < -0.39 is 0 Å². The molecule has 1 aromatic carbocycles. The second kappa shape index (κ2) is 7.13. The standard InChI is InChI=1S/C16H17N3OS/c1-3-4-9-19-16(17)21-14-10-13(18-2)11-7-5-6-8-12(11)15(14)20/h5-10,17H,3-4H2,1-2H3. The number of unbranched alkanes of at least 4 members (excludes halogenated alkanes) is 1. The van der Waals surface area contributed by atoms with Crippen molar-refractivity contribution < 1.29 is 4.79 Å². The van der Waals surface area contributed by atoms with E-state index in [9.17, 15) is 4.79 Å². The second-order valence-electron chi connectivity index (χ2n) is 4.50. The van der Waals surface area contributed by atoms with Crippen LogP contribution in [0.2, 0.25) is 0 Å². The fourth-order valence-electron chi connectivity index (χ4n) is 1.97. The fraction of sp³-hybridized carbons (Fsp3) is 0.250. The molecule has 0 spiro atoms. The third-order valence-corrected chi connectivity index (χ3v) is 3.84.